The Hall–Kier alpha value is -2.19. The first-order chi connectivity index (χ1) is 16.7. The zero-order valence-electron chi connectivity index (χ0n) is 21.7. The van der Waals surface area contributed by atoms with Crippen LogP contribution in [0.4, 0.5) is 0 Å². The van der Waals surface area contributed by atoms with Crippen LogP contribution >= 0.6 is 0 Å². The third-order valence-electron chi connectivity index (χ3n) is 8.06. The Morgan fingerprint density at radius 2 is 1.86 bits per heavy atom. The fraction of sp³-hybridized carbons (Fsp3) is 0.741. The lowest BCUT2D eigenvalue weighted by atomic mass is 9.66. The Morgan fingerprint density at radius 3 is 2.49 bits per heavy atom. The van der Waals surface area contributed by atoms with Crippen molar-refractivity contribution in [2.24, 2.45) is 11.8 Å². The summed E-state index contributed by atoms with van der Waals surface area (Å²) >= 11 is 0. The highest BCUT2D eigenvalue weighted by molar-refractivity contribution is 5.99. The first kappa shape index (κ1) is 27.4. The average molecular weight is 490 g/mol. The van der Waals surface area contributed by atoms with Crippen LogP contribution in [-0.4, -0.2) is 94.6 Å². The van der Waals surface area contributed by atoms with Gasteiger partial charge in [-0.1, -0.05) is 25.5 Å². The van der Waals surface area contributed by atoms with Gasteiger partial charge < -0.3 is 24.5 Å². The third kappa shape index (κ3) is 4.79. The number of likely N-dealkylation sites (tertiary alicyclic amines) is 1. The Bertz CT molecular complexity index is 832. The topological polar surface area (TPSA) is 90.4 Å². The predicted octanol–water partition coefficient (Wildman–Crippen LogP) is 2.37. The number of hydrogen-bond donors (Lipinski definition) is 1. The van der Waals surface area contributed by atoms with E-state index in [1.165, 1.54) is 0 Å². The van der Waals surface area contributed by atoms with Crippen molar-refractivity contribution in [2.45, 2.75) is 76.0 Å². The second-order valence-corrected chi connectivity index (χ2v) is 10.5. The molecule has 3 aliphatic rings. The smallest absolute Gasteiger partial charge is 0.248 e. The second-order valence-electron chi connectivity index (χ2n) is 10.5. The van der Waals surface area contributed by atoms with Crippen LogP contribution in [0, 0.1) is 11.8 Å². The van der Waals surface area contributed by atoms with Gasteiger partial charge >= 0.3 is 0 Å². The minimum Gasteiger partial charge on any atom is -0.396 e. The minimum absolute atomic E-state index is 0.0979. The van der Waals surface area contributed by atoms with E-state index in [9.17, 15) is 19.5 Å². The Morgan fingerprint density at radius 1 is 1.14 bits per heavy atom. The van der Waals surface area contributed by atoms with Crippen molar-refractivity contribution in [3.8, 4) is 0 Å². The molecule has 3 rings (SSSR count). The van der Waals surface area contributed by atoms with Crippen molar-refractivity contribution in [3.05, 3.63) is 25.3 Å². The molecule has 2 bridgehead atoms. The van der Waals surface area contributed by atoms with Gasteiger partial charge in [0.2, 0.25) is 17.7 Å². The van der Waals surface area contributed by atoms with E-state index < -0.39 is 29.1 Å². The molecule has 5 atom stereocenters. The number of likely N-dealkylation sites (N-methyl/N-ethyl adjacent to an activating group) is 1. The number of carbonyl (C=O) groups is 3. The van der Waals surface area contributed by atoms with Gasteiger partial charge in [-0.2, -0.15) is 0 Å². The van der Waals surface area contributed by atoms with Crippen LogP contribution in [0.15, 0.2) is 25.3 Å². The maximum absolute atomic E-state index is 14.1. The molecule has 0 aromatic rings. The van der Waals surface area contributed by atoms with Crippen molar-refractivity contribution in [2.75, 3.05) is 39.8 Å². The summed E-state index contributed by atoms with van der Waals surface area (Å²) in [6, 6.07) is -0.754. The Kier molecular flexibility index (Phi) is 8.81. The van der Waals surface area contributed by atoms with Crippen molar-refractivity contribution >= 4 is 17.7 Å². The van der Waals surface area contributed by atoms with Crippen molar-refractivity contribution in [3.63, 3.8) is 0 Å². The summed E-state index contributed by atoms with van der Waals surface area (Å²) in [5.41, 5.74) is -1.78. The number of fused-ring (bicyclic) bond motifs is 1. The van der Waals surface area contributed by atoms with Crippen LogP contribution in [0.3, 0.4) is 0 Å². The fourth-order valence-corrected chi connectivity index (χ4v) is 6.38. The highest BCUT2D eigenvalue weighted by Crippen LogP contribution is 2.63. The standard InChI is InChI=1S/C27H43N3O5/c1-6-9-17-29(16-8-3)25(34)22-27-14-13-26(4,35-27)20(23(32)28(5)15-7-2)21(27)24(33)30(22)18-11-10-12-19-31/h7-8,20-22,31H,2-3,6,9-19H2,1,4-5H3/t20-,21+,22?,26+,27?/m1/s1. The summed E-state index contributed by atoms with van der Waals surface area (Å²) in [5.74, 6) is -1.71. The number of carbonyl (C=O) groups excluding carboxylic acids is 3. The molecule has 196 valence electrons. The number of hydrogen-bond acceptors (Lipinski definition) is 5. The third-order valence-corrected chi connectivity index (χ3v) is 8.06. The average Bonchev–Trinajstić information content (AvgIpc) is 3.39. The van der Waals surface area contributed by atoms with Gasteiger partial charge in [0, 0.05) is 39.8 Å². The van der Waals surface area contributed by atoms with Crippen molar-refractivity contribution < 1.29 is 24.2 Å². The molecule has 3 amide bonds. The molecular formula is C27H43N3O5. The molecule has 3 heterocycles. The molecule has 1 N–H and O–H groups in total. The van der Waals surface area contributed by atoms with E-state index >= 15 is 0 Å². The quantitative estimate of drug-likeness (QED) is 0.299. The largest absolute Gasteiger partial charge is 0.396 e. The predicted molar refractivity (Wildman–Crippen MR) is 134 cm³/mol. The monoisotopic (exact) mass is 489 g/mol. The highest BCUT2D eigenvalue weighted by atomic mass is 16.5. The Balaban J connectivity index is 2.01. The molecule has 0 aromatic heterocycles. The number of aliphatic hydroxyl groups excluding tert-OH is 1. The first-order valence-electron chi connectivity index (χ1n) is 13.1. The number of unbranched alkanes of at least 4 members (excludes halogenated alkanes) is 3. The van der Waals surface area contributed by atoms with E-state index in [2.05, 4.69) is 20.1 Å². The maximum atomic E-state index is 14.1. The van der Waals surface area contributed by atoms with Crippen LogP contribution in [0.5, 0.6) is 0 Å². The van der Waals surface area contributed by atoms with Gasteiger partial charge in [-0.15, -0.1) is 13.2 Å². The van der Waals surface area contributed by atoms with Gasteiger partial charge in [0.25, 0.3) is 0 Å². The summed E-state index contributed by atoms with van der Waals surface area (Å²) in [4.78, 5) is 46.7. The molecule has 3 aliphatic heterocycles. The van der Waals surface area contributed by atoms with Crippen LogP contribution < -0.4 is 0 Å². The van der Waals surface area contributed by atoms with Crippen molar-refractivity contribution in [1.29, 1.82) is 0 Å². The summed E-state index contributed by atoms with van der Waals surface area (Å²) < 4.78 is 6.68. The van der Waals surface area contributed by atoms with Gasteiger partial charge in [0.05, 0.1) is 17.4 Å². The summed E-state index contributed by atoms with van der Waals surface area (Å²) in [6.45, 7) is 13.5. The molecule has 1 spiro atoms. The number of ether oxygens (including phenoxy) is 1. The van der Waals surface area contributed by atoms with Gasteiger partial charge in [-0.3, -0.25) is 14.4 Å². The number of amides is 3. The lowest BCUT2D eigenvalue weighted by Crippen LogP contribution is -2.56. The second kappa shape index (κ2) is 11.2. The van der Waals surface area contributed by atoms with Crippen LogP contribution in [-0.2, 0) is 19.1 Å². The maximum Gasteiger partial charge on any atom is 0.248 e. The fourth-order valence-electron chi connectivity index (χ4n) is 6.38. The molecule has 0 aromatic carbocycles. The zero-order chi connectivity index (χ0) is 25.8. The lowest BCUT2D eigenvalue weighted by Gasteiger charge is -2.37. The molecule has 8 nitrogen and oxygen atoms in total. The van der Waals surface area contributed by atoms with E-state index in [1.54, 1.807) is 33.9 Å². The molecule has 0 aliphatic carbocycles. The first-order valence-corrected chi connectivity index (χ1v) is 13.1. The molecule has 0 radical (unpaired) electrons. The van der Waals surface area contributed by atoms with E-state index in [0.717, 1.165) is 19.3 Å². The number of aliphatic hydroxyl groups is 1. The van der Waals surface area contributed by atoms with E-state index in [-0.39, 0.29) is 24.3 Å². The van der Waals surface area contributed by atoms with E-state index in [1.807, 2.05) is 6.92 Å². The van der Waals surface area contributed by atoms with E-state index in [0.29, 0.717) is 51.9 Å². The van der Waals surface area contributed by atoms with Gasteiger partial charge in [-0.05, 0) is 45.4 Å². The van der Waals surface area contributed by atoms with Gasteiger partial charge in [-0.25, -0.2) is 0 Å². The zero-order valence-corrected chi connectivity index (χ0v) is 21.7. The SMILES string of the molecule is C=CCN(C)C(=O)[C@H]1[C@H]2C(=O)N(CCCCCO)C(C(=O)N(CC=C)CCCC)C23CC[C@]1(C)O3. The molecule has 2 unspecified atom stereocenters. The van der Waals surface area contributed by atoms with Gasteiger partial charge in [0.15, 0.2) is 0 Å². The molecular weight excluding hydrogens is 446 g/mol. The molecule has 0 saturated carbocycles. The van der Waals surface area contributed by atoms with Crippen LogP contribution in [0.25, 0.3) is 0 Å². The number of rotatable bonds is 14. The van der Waals surface area contributed by atoms with Crippen LogP contribution in [0.1, 0.15) is 58.8 Å². The summed E-state index contributed by atoms with van der Waals surface area (Å²) in [6.07, 6.45) is 8.49. The minimum atomic E-state index is -0.999. The lowest BCUT2D eigenvalue weighted by molar-refractivity contribution is -0.153. The summed E-state index contributed by atoms with van der Waals surface area (Å²) in [5, 5.41) is 9.18. The van der Waals surface area contributed by atoms with E-state index in [4.69, 9.17) is 4.74 Å². The Labute approximate surface area is 210 Å². The normalized spacial score (nSPS) is 30.9. The summed E-state index contributed by atoms with van der Waals surface area (Å²) in [7, 11) is 1.72. The molecule has 3 saturated heterocycles. The van der Waals surface area contributed by atoms with Crippen LogP contribution in [0.2, 0.25) is 0 Å². The molecule has 8 heteroatoms. The van der Waals surface area contributed by atoms with Crippen molar-refractivity contribution in [1.82, 2.24) is 14.7 Å². The highest BCUT2D eigenvalue weighted by Gasteiger charge is 2.78. The number of nitrogens with zero attached hydrogens (tertiary/aromatic N) is 3. The molecule has 35 heavy (non-hydrogen) atoms. The molecule has 3 fully saturated rings. The van der Waals surface area contributed by atoms with Gasteiger partial charge in [0.1, 0.15) is 11.6 Å².